The van der Waals surface area contributed by atoms with Crippen LogP contribution in [-0.4, -0.2) is 38.8 Å². The van der Waals surface area contributed by atoms with Crippen molar-refractivity contribution in [3.8, 4) is 5.88 Å². The molecule has 0 fully saturated rings. The summed E-state index contributed by atoms with van der Waals surface area (Å²) in [7, 11) is -0.774. The topological polar surface area (TPSA) is 64.1 Å². The molecule has 0 radical (unpaired) electrons. The fraction of sp³-hybridized carbons (Fsp3) is 0.667. The van der Waals surface area contributed by atoms with Crippen LogP contribution >= 0.6 is 0 Å². The Morgan fingerprint density at radius 3 is 2.94 bits per heavy atom. The second kappa shape index (κ2) is 8.02. The normalized spacial score (nSPS) is 13.9. The molecule has 0 aliphatic heterocycles. The minimum atomic E-state index is -0.774. The first-order valence-corrected chi connectivity index (χ1v) is 7.76. The van der Waals surface area contributed by atoms with Gasteiger partial charge in [0.25, 0.3) is 0 Å². The molecule has 1 heterocycles. The molecule has 5 nitrogen and oxygen atoms in total. The van der Waals surface area contributed by atoms with Crippen molar-refractivity contribution in [2.75, 3.05) is 24.7 Å². The summed E-state index contributed by atoms with van der Waals surface area (Å²) in [4.78, 5) is 8.14. The highest BCUT2D eigenvalue weighted by Gasteiger charge is 2.05. The fourth-order valence-corrected chi connectivity index (χ4v) is 1.74. The van der Waals surface area contributed by atoms with Gasteiger partial charge in [-0.25, -0.2) is 9.97 Å². The molecule has 0 aliphatic rings. The molecule has 0 aliphatic carbocycles. The highest BCUT2D eigenvalue weighted by molar-refractivity contribution is 7.84. The smallest absolute Gasteiger partial charge is 0.218 e. The summed E-state index contributed by atoms with van der Waals surface area (Å²) in [6, 6.07) is 1.78. The van der Waals surface area contributed by atoms with Gasteiger partial charge < -0.3 is 10.1 Å². The van der Waals surface area contributed by atoms with Gasteiger partial charge in [0.15, 0.2) is 0 Å². The highest BCUT2D eigenvalue weighted by Crippen LogP contribution is 2.11. The Balaban J connectivity index is 2.40. The van der Waals surface area contributed by atoms with Crippen LogP contribution < -0.4 is 10.1 Å². The van der Waals surface area contributed by atoms with Crippen LogP contribution in [0.4, 0.5) is 5.82 Å². The minimum Gasteiger partial charge on any atom is -0.478 e. The summed E-state index contributed by atoms with van der Waals surface area (Å²) in [6.45, 7) is 5.42. The molecule has 6 heteroatoms. The van der Waals surface area contributed by atoms with Gasteiger partial charge in [-0.15, -0.1) is 0 Å². The zero-order valence-electron chi connectivity index (χ0n) is 11.2. The zero-order valence-corrected chi connectivity index (χ0v) is 12.0. The van der Waals surface area contributed by atoms with E-state index in [1.54, 1.807) is 12.3 Å². The maximum Gasteiger partial charge on any atom is 0.218 e. The average Bonchev–Trinajstić information content (AvgIpc) is 2.36. The Bertz CT molecular complexity index is 387. The number of aromatic nitrogens is 2. The number of anilines is 1. The summed E-state index contributed by atoms with van der Waals surface area (Å²) in [6.07, 6.45) is 5.01. The molecule has 2 unspecified atom stereocenters. The van der Waals surface area contributed by atoms with E-state index in [9.17, 15) is 4.21 Å². The minimum absolute atomic E-state index is 0.190. The van der Waals surface area contributed by atoms with E-state index in [0.29, 0.717) is 12.5 Å². The first-order valence-electron chi connectivity index (χ1n) is 6.14. The maximum absolute atomic E-state index is 11.2. The number of hydrogen-bond donors (Lipinski definition) is 1. The van der Waals surface area contributed by atoms with Crippen LogP contribution in [0, 0.1) is 0 Å². The Morgan fingerprint density at radius 2 is 2.28 bits per heavy atom. The SMILES string of the molecule is CCCOc1cc(NCCC(C)S(C)=O)ncn1. The van der Waals surface area contributed by atoms with Gasteiger partial charge in [0.2, 0.25) is 5.88 Å². The van der Waals surface area contributed by atoms with Gasteiger partial charge in [0.05, 0.1) is 6.61 Å². The van der Waals surface area contributed by atoms with E-state index in [2.05, 4.69) is 15.3 Å². The van der Waals surface area contributed by atoms with Gasteiger partial charge in [-0.05, 0) is 12.8 Å². The van der Waals surface area contributed by atoms with Crippen LogP contribution in [0.2, 0.25) is 0 Å². The van der Waals surface area contributed by atoms with E-state index in [1.807, 2.05) is 13.8 Å². The van der Waals surface area contributed by atoms with E-state index in [-0.39, 0.29) is 5.25 Å². The van der Waals surface area contributed by atoms with Gasteiger partial charge in [-0.1, -0.05) is 13.8 Å². The molecular weight excluding hydrogens is 250 g/mol. The lowest BCUT2D eigenvalue weighted by Crippen LogP contribution is -2.15. The van der Waals surface area contributed by atoms with Crippen LogP contribution in [0.15, 0.2) is 12.4 Å². The van der Waals surface area contributed by atoms with E-state index in [4.69, 9.17) is 4.74 Å². The second-order valence-corrected chi connectivity index (χ2v) is 5.92. The predicted octanol–water partition coefficient (Wildman–Crippen LogP) is 1.83. The number of hydrogen-bond acceptors (Lipinski definition) is 5. The molecule has 0 bridgehead atoms. The van der Waals surface area contributed by atoms with Gasteiger partial charge in [0.1, 0.15) is 12.1 Å². The van der Waals surface area contributed by atoms with Crippen molar-refractivity contribution in [3.05, 3.63) is 12.4 Å². The molecule has 1 aromatic heterocycles. The van der Waals surface area contributed by atoms with Crippen LogP contribution in [0.5, 0.6) is 5.88 Å². The van der Waals surface area contributed by atoms with Crippen LogP contribution in [0.25, 0.3) is 0 Å². The van der Waals surface area contributed by atoms with E-state index in [0.717, 1.165) is 25.2 Å². The molecule has 0 amide bonds. The Labute approximate surface area is 111 Å². The highest BCUT2D eigenvalue weighted by atomic mass is 32.2. The number of rotatable bonds is 8. The first kappa shape index (κ1) is 14.9. The van der Waals surface area contributed by atoms with Crippen molar-refractivity contribution in [2.45, 2.75) is 31.9 Å². The second-order valence-electron chi connectivity index (χ2n) is 4.11. The van der Waals surface area contributed by atoms with Crippen molar-refractivity contribution in [1.29, 1.82) is 0 Å². The van der Waals surface area contributed by atoms with Gasteiger partial charge >= 0.3 is 0 Å². The third-order valence-corrected chi connectivity index (χ3v) is 3.89. The predicted molar refractivity (Wildman–Crippen MR) is 74.5 cm³/mol. The lowest BCUT2D eigenvalue weighted by atomic mass is 10.3. The van der Waals surface area contributed by atoms with Crippen molar-refractivity contribution >= 4 is 16.6 Å². The van der Waals surface area contributed by atoms with E-state index >= 15 is 0 Å². The summed E-state index contributed by atoms with van der Waals surface area (Å²) >= 11 is 0. The summed E-state index contributed by atoms with van der Waals surface area (Å²) in [5.41, 5.74) is 0. The van der Waals surface area contributed by atoms with Gasteiger partial charge in [0, 0.05) is 34.9 Å². The Morgan fingerprint density at radius 1 is 1.50 bits per heavy atom. The lowest BCUT2D eigenvalue weighted by Gasteiger charge is -2.10. The quantitative estimate of drug-likeness (QED) is 0.781. The Kier molecular flexibility index (Phi) is 6.64. The largest absolute Gasteiger partial charge is 0.478 e. The molecule has 1 aromatic rings. The molecule has 18 heavy (non-hydrogen) atoms. The third kappa shape index (κ3) is 5.44. The summed E-state index contributed by atoms with van der Waals surface area (Å²) < 4.78 is 16.6. The van der Waals surface area contributed by atoms with Crippen LogP contribution in [0.1, 0.15) is 26.7 Å². The van der Waals surface area contributed by atoms with Crippen LogP contribution in [0.3, 0.4) is 0 Å². The first-order chi connectivity index (χ1) is 8.63. The van der Waals surface area contributed by atoms with Crippen molar-refractivity contribution in [3.63, 3.8) is 0 Å². The Hall–Kier alpha value is -1.17. The molecule has 2 atom stereocenters. The molecule has 102 valence electrons. The number of nitrogens with zero attached hydrogens (tertiary/aromatic N) is 2. The van der Waals surface area contributed by atoms with E-state index < -0.39 is 10.8 Å². The van der Waals surface area contributed by atoms with Crippen molar-refractivity contribution in [1.82, 2.24) is 9.97 Å². The molecule has 0 saturated carbocycles. The maximum atomic E-state index is 11.2. The lowest BCUT2D eigenvalue weighted by molar-refractivity contribution is 0.305. The van der Waals surface area contributed by atoms with Crippen LogP contribution in [-0.2, 0) is 10.8 Å². The molecule has 0 saturated heterocycles. The molecule has 0 aromatic carbocycles. The molecular formula is C12H21N3O2S. The summed E-state index contributed by atoms with van der Waals surface area (Å²) in [5.74, 6) is 1.33. The van der Waals surface area contributed by atoms with E-state index in [1.165, 1.54) is 6.33 Å². The number of nitrogens with one attached hydrogen (secondary N) is 1. The zero-order chi connectivity index (χ0) is 13.4. The van der Waals surface area contributed by atoms with Crippen molar-refractivity contribution < 1.29 is 8.95 Å². The average molecular weight is 271 g/mol. The summed E-state index contributed by atoms with van der Waals surface area (Å²) in [5, 5.41) is 3.37. The monoisotopic (exact) mass is 271 g/mol. The number of ether oxygens (including phenoxy) is 1. The fourth-order valence-electron chi connectivity index (χ4n) is 1.29. The molecule has 1 N–H and O–H groups in total. The van der Waals surface area contributed by atoms with Gasteiger partial charge in [-0.3, -0.25) is 4.21 Å². The van der Waals surface area contributed by atoms with Crippen molar-refractivity contribution in [2.24, 2.45) is 0 Å². The molecule has 0 spiro atoms. The standard InChI is InChI=1S/C12H21N3O2S/c1-4-7-17-12-8-11(14-9-15-12)13-6-5-10(2)18(3)16/h8-10H,4-7H2,1-3H3,(H,13,14,15). The van der Waals surface area contributed by atoms with Gasteiger partial charge in [-0.2, -0.15) is 0 Å². The third-order valence-electron chi connectivity index (χ3n) is 2.52. The molecule has 1 rings (SSSR count).